The molecule has 1 aliphatic heterocycles. The highest BCUT2D eigenvalue weighted by Crippen LogP contribution is 2.40. The average Bonchev–Trinajstić information content (AvgIpc) is 2.28. The van der Waals surface area contributed by atoms with Crippen molar-refractivity contribution in [2.24, 2.45) is 5.41 Å². The highest BCUT2D eigenvalue weighted by Gasteiger charge is 2.36. The second kappa shape index (κ2) is 4.93. The summed E-state index contributed by atoms with van der Waals surface area (Å²) in [6.45, 7) is 7.99. The molecule has 0 aromatic heterocycles. The minimum Gasteiger partial charge on any atom is -0.508 e. The van der Waals surface area contributed by atoms with E-state index in [0.29, 0.717) is 11.2 Å². The molecule has 1 aliphatic rings. The zero-order valence-corrected chi connectivity index (χ0v) is 11.8. The lowest BCUT2D eigenvalue weighted by atomic mass is 9.72. The highest BCUT2D eigenvalue weighted by atomic mass is 16.3. The van der Waals surface area contributed by atoms with Crippen LogP contribution in [0, 0.1) is 5.41 Å². The van der Waals surface area contributed by atoms with Gasteiger partial charge >= 0.3 is 0 Å². The van der Waals surface area contributed by atoms with Crippen LogP contribution in [-0.4, -0.2) is 11.7 Å². The van der Waals surface area contributed by atoms with Gasteiger partial charge in [0.1, 0.15) is 5.75 Å². The first-order valence-corrected chi connectivity index (χ1v) is 6.96. The predicted molar refractivity (Wildman–Crippen MR) is 75.7 cm³/mol. The summed E-state index contributed by atoms with van der Waals surface area (Å²) in [6.07, 6.45) is 4.87. The third-order valence-electron chi connectivity index (χ3n) is 3.75. The molecule has 100 valence electrons. The quantitative estimate of drug-likeness (QED) is 0.833. The van der Waals surface area contributed by atoms with Crippen molar-refractivity contribution in [3.8, 4) is 5.75 Å². The maximum absolute atomic E-state index is 9.45. The second-order valence-corrected chi connectivity index (χ2v) is 6.75. The summed E-state index contributed by atoms with van der Waals surface area (Å²) in [5.41, 5.74) is 1.70. The summed E-state index contributed by atoms with van der Waals surface area (Å²) < 4.78 is 0. The fourth-order valence-electron chi connectivity index (χ4n) is 3.15. The summed E-state index contributed by atoms with van der Waals surface area (Å²) in [4.78, 5) is 0. The molecule has 1 heterocycles. The maximum Gasteiger partial charge on any atom is 0.115 e. The van der Waals surface area contributed by atoms with Gasteiger partial charge in [-0.15, -0.1) is 0 Å². The molecule has 1 fully saturated rings. The van der Waals surface area contributed by atoms with E-state index in [4.69, 9.17) is 0 Å². The SMILES string of the molecule is CC(C)(C)CC1(c2ccc(O)cc2)CCCCN1. The lowest BCUT2D eigenvalue weighted by molar-refractivity contribution is 0.169. The third kappa shape index (κ3) is 3.05. The Bertz CT molecular complexity index is 383. The van der Waals surface area contributed by atoms with Gasteiger partial charge in [-0.25, -0.2) is 0 Å². The van der Waals surface area contributed by atoms with Gasteiger partial charge in [-0.1, -0.05) is 39.3 Å². The monoisotopic (exact) mass is 247 g/mol. The number of aromatic hydroxyl groups is 1. The molecule has 2 nitrogen and oxygen atoms in total. The topological polar surface area (TPSA) is 32.3 Å². The van der Waals surface area contributed by atoms with Crippen molar-refractivity contribution in [2.75, 3.05) is 6.54 Å². The Morgan fingerprint density at radius 3 is 2.33 bits per heavy atom. The second-order valence-electron chi connectivity index (χ2n) is 6.75. The molecule has 2 heteroatoms. The molecule has 2 N–H and O–H groups in total. The van der Waals surface area contributed by atoms with Crippen LogP contribution >= 0.6 is 0 Å². The first-order chi connectivity index (χ1) is 8.41. The van der Waals surface area contributed by atoms with Crippen LogP contribution in [0.15, 0.2) is 24.3 Å². The minimum atomic E-state index is 0.0875. The Labute approximate surface area is 110 Å². The van der Waals surface area contributed by atoms with Crippen LogP contribution in [0.5, 0.6) is 5.75 Å². The molecule has 1 aromatic carbocycles. The Morgan fingerprint density at radius 2 is 1.83 bits per heavy atom. The number of hydrogen-bond acceptors (Lipinski definition) is 2. The van der Waals surface area contributed by atoms with Crippen molar-refractivity contribution in [1.82, 2.24) is 5.32 Å². The zero-order chi connectivity index (χ0) is 13.2. The summed E-state index contributed by atoms with van der Waals surface area (Å²) in [5, 5.41) is 13.2. The van der Waals surface area contributed by atoms with E-state index in [9.17, 15) is 5.11 Å². The molecular weight excluding hydrogens is 222 g/mol. The predicted octanol–water partition coefficient (Wildman–Crippen LogP) is 3.80. The number of benzene rings is 1. The van der Waals surface area contributed by atoms with Crippen molar-refractivity contribution < 1.29 is 5.11 Å². The van der Waals surface area contributed by atoms with Crippen molar-refractivity contribution in [1.29, 1.82) is 0 Å². The van der Waals surface area contributed by atoms with Crippen LogP contribution in [-0.2, 0) is 5.54 Å². The van der Waals surface area contributed by atoms with E-state index in [-0.39, 0.29) is 5.54 Å². The molecule has 0 spiro atoms. The number of rotatable bonds is 2. The van der Waals surface area contributed by atoms with Crippen molar-refractivity contribution >= 4 is 0 Å². The molecule has 2 rings (SSSR count). The Morgan fingerprint density at radius 1 is 1.17 bits per heavy atom. The number of phenols is 1. The standard InChI is InChI=1S/C16H25NO/c1-15(2,3)12-16(10-4-5-11-17-16)13-6-8-14(18)9-7-13/h6-9,17-18H,4-5,10-12H2,1-3H3. The van der Waals surface area contributed by atoms with Crippen molar-refractivity contribution in [2.45, 2.75) is 52.0 Å². The minimum absolute atomic E-state index is 0.0875. The van der Waals surface area contributed by atoms with Crippen LogP contribution in [0.4, 0.5) is 0 Å². The zero-order valence-electron chi connectivity index (χ0n) is 11.8. The van der Waals surface area contributed by atoms with Gasteiger partial charge < -0.3 is 10.4 Å². The number of hydrogen-bond donors (Lipinski definition) is 2. The van der Waals surface area contributed by atoms with E-state index in [2.05, 4.69) is 38.2 Å². The van der Waals surface area contributed by atoms with E-state index in [1.54, 1.807) is 12.1 Å². The van der Waals surface area contributed by atoms with Crippen LogP contribution in [0.2, 0.25) is 0 Å². The fourth-order valence-corrected chi connectivity index (χ4v) is 3.15. The number of nitrogens with one attached hydrogen (secondary N) is 1. The third-order valence-corrected chi connectivity index (χ3v) is 3.75. The van der Waals surface area contributed by atoms with Gasteiger partial charge in [0.25, 0.3) is 0 Å². The smallest absolute Gasteiger partial charge is 0.115 e. The molecule has 1 saturated heterocycles. The first kappa shape index (κ1) is 13.4. The van der Waals surface area contributed by atoms with Crippen molar-refractivity contribution in [3.63, 3.8) is 0 Å². The van der Waals surface area contributed by atoms with Gasteiger partial charge in [-0.3, -0.25) is 0 Å². The van der Waals surface area contributed by atoms with E-state index >= 15 is 0 Å². The maximum atomic E-state index is 9.45. The van der Waals surface area contributed by atoms with Crippen LogP contribution in [0.25, 0.3) is 0 Å². The summed E-state index contributed by atoms with van der Waals surface area (Å²) >= 11 is 0. The molecule has 0 amide bonds. The molecule has 0 bridgehead atoms. The van der Waals surface area contributed by atoms with E-state index in [1.807, 2.05) is 0 Å². The van der Waals surface area contributed by atoms with Gasteiger partial charge in [0.15, 0.2) is 0 Å². The van der Waals surface area contributed by atoms with Gasteiger partial charge in [-0.05, 0) is 48.9 Å². The number of piperidine rings is 1. The molecule has 0 saturated carbocycles. The fraction of sp³-hybridized carbons (Fsp3) is 0.625. The van der Waals surface area contributed by atoms with Gasteiger partial charge in [0.2, 0.25) is 0 Å². The Balaban J connectivity index is 2.32. The Hall–Kier alpha value is -1.02. The Kier molecular flexibility index (Phi) is 3.67. The van der Waals surface area contributed by atoms with E-state index in [1.165, 1.54) is 24.8 Å². The first-order valence-electron chi connectivity index (χ1n) is 6.96. The molecule has 0 radical (unpaired) electrons. The van der Waals surface area contributed by atoms with Crippen LogP contribution < -0.4 is 5.32 Å². The van der Waals surface area contributed by atoms with Gasteiger partial charge in [0.05, 0.1) is 0 Å². The summed E-state index contributed by atoms with van der Waals surface area (Å²) in [7, 11) is 0. The molecule has 0 aliphatic carbocycles. The molecule has 1 atom stereocenters. The molecule has 18 heavy (non-hydrogen) atoms. The van der Waals surface area contributed by atoms with Gasteiger partial charge in [-0.2, -0.15) is 0 Å². The lowest BCUT2D eigenvalue weighted by Crippen LogP contribution is -2.48. The van der Waals surface area contributed by atoms with Crippen LogP contribution in [0.1, 0.15) is 52.0 Å². The lowest BCUT2D eigenvalue weighted by Gasteiger charge is -2.43. The van der Waals surface area contributed by atoms with E-state index in [0.717, 1.165) is 13.0 Å². The molecular formula is C16H25NO. The number of phenolic OH excluding ortho intramolecular Hbond substituents is 1. The van der Waals surface area contributed by atoms with Gasteiger partial charge in [0, 0.05) is 5.54 Å². The average molecular weight is 247 g/mol. The normalized spacial score (nSPS) is 25.1. The van der Waals surface area contributed by atoms with Crippen LogP contribution in [0.3, 0.4) is 0 Å². The largest absolute Gasteiger partial charge is 0.508 e. The summed E-state index contributed by atoms with van der Waals surface area (Å²) in [6, 6.07) is 7.74. The molecule has 1 aromatic rings. The molecule has 1 unspecified atom stereocenters. The summed E-state index contributed by atoms with van der Waals surface area (Å²) in [5.74, 6) is 0.348. The highest BCUT2D eigenvalue weighted by molar-refractivity contribution is 5.31. The van der Waals surface area contributed by atoms with Crippen molar-refractivity contribution in [3.05, 3.63) is 29.8 Å². The van der Waals surface area contributed by atoms with E-state index < -0.39 is 0 Å².